The minimum Gasteiger partial charge on any atom is -0.484 e. The SMILES string of the molecule is Cc1ccc(OCC(=O)N2CCC(C(=O)Nc3c(C)cc(C)cc3C)CC2)cc1. The Kier molecular flexibility index (Phi) is 6.57. The van der Waals surface area contributed by atoms with E-state index in [0.717, 1.165) is 22.4 Å². The molecule has 1 heterocycles. The van der Waals surface area contributed by atoms with E-state index in [0.29, 0.717) is 31.7 Å². The number of nitrogens with one attached hydrogen (secondary N) is 1. The molecule has 0 aliphatic carbocycles. The molecule has 0 saturated carbocycles. The Bertz CT molecular complexity index is 858. The molecule has 0 aromatic heterocycles. The van der Waals surface area contributed by atoms with E-state index in [1.807, 2.05) is 45.0 Å². The maximum absolute atomic E-state index is 12.7. The van der Waals surface area contributed by atoms with Crippen LogP contribution in [0.25, 0.3) is 0 Å². The maximum atomic E-state index is 12.7. The van der Waals surface area contributed by atoms with Gasteiger partial charge in [-0.2, -0.15) is 0 Å². The quantitative estimate of drug-likeness (QED) is 0.828. The van der Waals surface area contributed by atoms with Gasteiger partial charge in [0.25, 0.3) is 5.91 Å². The highest BCUT2D eigenvalue weighted by Gasteiger charge is 2.28. The Morgan fingerprint density at radius 2 is 1.55 bits per heavy atom. The second-order valence-electron chi connectivity index (χ2n) is 8.02. The van der Waals surface area contributed by atoms with Crippen molar-refractivity contribution in [3.05, 3.63) is 58.7 Å². The van der Waals surface area contributed by atoms with Gasteiger partial charge < -0.3 is 15.0 Å². The lowest BCUT2D eigenvalue weighted by atomic mass is 9.95. The normalized spacial score (nSPS) is 14.6. The largest absolute Gasteiger partial charge is 0.484 e. The number of hydrogen-bond donors (Lipinski definition) is 1. The number of rotatable bonds is 5. The van der Waals surface area contributed by atoms with Crippen molar-refractivity contribution < 1.29 is 14.3 Å². The van der Waals surface area contributed by atoms with Gasteiger partial charge in [-0.1, -0.05) is 35.4 Å². The van der Waals surface area contributed by atoms with Gasteiger partial charge in [-0.3, -0.25) is 9.59 Å². The summed E-state index contributed by atoms with van der Waals surface area (Å²) in [5, 5.41) is 3.10. The highest BCUT2D eigenvalue weighted by molar-refractivity contribution is 5.94. The van der Waals surface area contributed by atoms with Crippen LogP contribution in [0.2, 0.25) is 0 Å². The Labute approximate surface area is 173 Å². The van der Waals surface area contributed by atoms with Crippen LogP contribution in [-0.2, 0) is 9.59 Å². The number of hydrogen-bond acceptors (Lipinski definition) is 3. The standard InChI is InChI=1S/C24H30N2O3/c1-16-5-7-21(8-6-16)29-15-22(27)26-11-9-20(10-12-26)24(28)25-23-18(3)13-17(2)14-19(23)4/h5-8,13-14,20H,9-12,15H2,1-4H3,(H,25,28). The van der Waals surface area contributed by atoms with Crippen molar-refractivity contribution in [3.63, 3.8) is 0 Å². The summed E-state index contributed by atoms with van der Waals surface area (Å²) < 4.78 is 5.59. The summed E-state index contributed by atoms with van der Waals surface area (Å²) in [6.45, 7) is 9.30. The van der Waals surface area contributed by atoms with Crippen molar-refractivity contribution in [2.24, 2.45) is 5.92 Å². The molecule has 0 spiro atoms. The van der Waals surface area contributed by atoms with Crippen LogP contribution in [0.5, 0.6) is 5.75 Å². The van der Waals surface area contributed by atoms with Crippen molar-refractivity contribution in [1.82, 2.24) is 4.90 Å². The third-order valence-electron chi connectivity index (χ3n) is 5.53. The summed E-state index contributed by atoms with van der Waals surface area (Å²) >= 11 is 0. The zero-order valence-corrected chi connectivity index (χ0v) is 17.7. The number of benzene rings is 2. The maximum Gasteiger partial charge on any atom is 0.260 e. The van der Waals surface area contributed by atoms with Gasteiger partial charge in [0.15, 0.2) is 6.61 Å². The second kappa shape index (κ2) is 9.12. The molecule has 2 amide bonds. The summed E-state index contributed by atoms with van der Waals surface area (Å²) in [7, 11) is 0. The van der Waals surface area contributed by atoms with Crippen LogP contribution in [0.15, 0.2) is 36.4 Å². The lowest BCUT2D eigenvalue weighted by Crippen LogP contribution is -2.43. The number of piperidine rings is 1. The first-order valence-electron chi connectivity index (χ1n) is 10.2. The van der Waals surface area contributed by atoms with E-state index in [9.17, 15) is 9.59 Å². The molecule has 1 saturated heterocycles. The van der Waals surface area contributed by atoms with E-state index < -0.39 is 0 Å². The number of nitrogens with zero attached hydrogens (tertiary/aromatic N) is 1. The molecular weight excluding hydrogens is 364 g/mol. The van der Waals surface area contributed by atoms with Crippen molar-refractivity contribution in [2.75, 3.05) is 25.0 Å². The molecule has 0 atom stereocenters. The number of amides is 2. The number of carbonyl (C=O) groups is 2. The predicted molar refractivity (Wildman–Crippen MR) is 115 cm³/mol. The summed E-state index contributed by atoms with van der Waals surface area (Å²) in [6, 6.07) is 11.8. The molecule has 5 heteroatoms. The molecule has 1 N–H and O–H groups in total. The van der Waals surface area contributed by atoms with E-state index in [1.165, 1.54) is 5.56 Å². The van der Waals surface area contributed by atoms with Gasteiger partial charge in [0, 0.05) is 24.7 Å². The average Bonchev–Trinajstić information content (AvgIpc) is 2.70. The van der Waals surface area contributed by atoms with E-state index in [1.54, 1.807) is 4.90 Å². The monoisotopic (exact) mass is 394 g/mol. The molecule has 1 fully saturated rings. The van der Waals surface area contributed by atoms with Crippen molar-refractivity contribution in [3.8, 4) is 5.75 Å². The molecule has 29 heavy (non-hydrogen) atoms. The highest BCUT2D eigenvalue weighted by Crippen LogP contribution is 2.25. The van der Waals surface area contributed by atoms with Gasteiger partial charge >= 0.3 is 0 Å². The molecule has 0 bridgehead atoms. The Morgan fingerprint density at radius 1 is 0.966 bits per heavy atom. The fourth-order valence-electron chi connectivity index (χ4n) is 3.86. The third kappa shape index (κ3) is 5.37. The van der Waals surface area contributed by atoms with E-state index in [2.05, 4.69) is 24.4 Å². The summed E-state index contributed by atoms with van der Waals surface area (Å²) in [5.41, 5.74) is 5.41. The zero-order chi connectivity index (χ0) is 21.0. The molecule has 2 aromatic rings. The Balaban J connectivity index is 1.49. The van der Waals surface area contributed by atoms with Gasteiger partial charge in [-0.05, 0) is 63.8 Å². The third-order valence-corrected chi connectivity index (χ3v) is 5.53. The highest BCUT2D eigenvalue weighted by atomic mass is 16.5. The van der Waals surface area contributed by atoms with Crippen molar-refractivity contribution >= 4 is 17.5 Å². The molecule has 1 aliphatic rings. The molecule has 5 nitrogen and oxygen atoms in total. The van der Waals surface area contributed by atoms with Crippen LogP contribution < -0.4 is 10.1 Å². The number of aryl methyl sites for hydroxylation is 4. The van der Waals surface area contributed by atoms with E-state index in [-0.39, 0.29) is 24.3 Å². The van der Waals surface area contributed by atoms with Crippen LogP contribution in [0.3, 0.4) is 0 Å². The molecule has 1 aliphatic heterocycles. The topological polar surface area (TPSA) is 58.6 Å². The average molecular weight is 395 g/mol. The lowest BCUT2D eigenvalue weighted by molar-refractivity contribution is -0.136. The number of ether oxygens (including phenoxy) is 1. The first-order chi connectivity index (χ1) is 13.8. The zero-order valence-electron chi connectivity index (χ0n) is 17.7. The smallest absolute Gasteiger partial charge is 0.260 e. The Hall–Kier alpha value is -2.82. The van der Waals surface area contributed by atoms with E-state index in [4.69, 9.17) is 4.74 Å². The first kappa shape index (κ1) is 20.9. The fraction of sp³-hybridized carbons (Fsp3) is 0.417. The van der Waals surface area contributed by atoms with Crippen LogP contribution in [0.4, 0.5) is 5.69 Å². The predicted octanol–water partition coefficient (Wildman–Crippen LogP) is 4.18. The van der Waals surface area contributed by atoms with Crippen molar-refractivity contribution in [1.29, 1.82) is 0 Å². The number of carbonyl (C=O) groups excluding carboxylic acids is 2. The lowest BCUT2D eigenvalue weighted by Gasteiger charge is -2.31. The molecule has 0 unspecified atom stereocenters. The van der Waals surface area contributed by atoms with Gasteiger partial charge in [0.1, 0.15) is 5.75 Å². The summed E-state index contributed by atoms with van der Waals surface area (Å²) in [5.74, 6) is 0.636. The molecule has 2 aromatic carbocycles. The van der Waals surface area contributed by atoms with Crippen LogP contribution in [0, 0.1) is 33.6 Å². The molecule has 3 rings (SSSR count). The molecule has 0 radical (unpaired) electrons. The van der Waals surface area contributed by atoms with Crippen LogP contribution in [-0.4, -0.2) is 36.4 Å². The molecular formula is C24H30N2O3. The summed E-state index contributed by atoms with van der Waals surface area (Å²) in [6.07, 6.45) is 1.35. The first-order valence-corrected chi connectivity index (χ1v) is 10.2. The van der Waals surface area contributed by atoms with Crippen LogP contribution in [0.1, 0.15) is 35.1 Å². The van der Waals surface area contributed by atoms with E-state index >= 15 is 0 Å². The number of likely N-dealkylation sites (tertiary alicyclic amines) is 1. The number of anilines is 1. The Morgan fingerprint density at radius 3 is 2.14 bits per heavy atom. The minimum absolute atomic E-state index is 0.0294. The van der Waals surface area contributed by atoms with Gasteiger partial charge in [0.2, 0.25) is 5.91 Å². The van der Waals surface area contributed by atoms with Gasteiger partial charge in [-0.15, -0.1) is 0 Å². The second-order valence-corrected chi connectivity index (χ2v) is 8.02. The fourth-order valence-corrected chi connectivity index (χ4v) is 3.86. The minimum atomic E-state index is -0.0721. The van der Waals surface area contributed by atoms with Gasteiger partial charge in [-0.25, -0.2) is 0 Å². The molecule has 154 valence electrons. The van der Waals surface area contributed by atoms with Crippen molar-refractivity contribution in [2.45, 2.75) is 40.5 Å². The van der Waals surface area contributed by atoms with Crippen LogP contribution >= 0.6 is 0 Å². The summed E-state index contributed by atoms with van der Waals surface area (Å²) in [4.78, 5) is 27.0. The van der Waals surface area contributed by atoms with Gasteiger partial charge in [0.05, 0.1) is 0 Å².